The molecule has 0 heterocycles. The van der Waals surface area contributed by atoms with E-state index >= 15 is 0 Å². The molecule has 0 aliphatic rings. The van der Waals surface area contributed by atoms with Gasteiger partial charge in [-0.3, -0.25) is 0 Å². The number of rotatable bonds is 4. The minimum atomic E-state index is -4.50. The summed E-state index contributed by atoms with van der Waals surface area (Å²) in [5.41, 5.74) is -1.44. The Morgan fingerprint density at radius 1 is 1.38 bits per heavy atom. The zero-order chi connectivity index (χ0) is 16.0. The van der Waals surface area contributed by atoms with Crippen molar-refractivity contribution in [2.75, 3.05) is 7.11 Å². The Bertz CT molecular complexity index is 580. The lowest BCUT2D eigenvalue weighted by Gasteiger charge is -2.06. The topological polar surface area (TPSA) is 71.2 Å². The third kappa shape index (κ3) is 4.59. The molecule has 0 atom stereocenters. The Morgan fingerprint density at radius 3 is 2.57 bits per heavy atom. The number of methoxy groups -OCH3 is 1. The van der Waals surface area contributed by atoms with Crippen molar-refractivity contribution in [3.63, 3.8) is 0 Å². The number of carbonyl (C=O) groups excluding carboxylic acids is 1. The summed E-state index contributed by atoms with van der Waals surface area (Å²) < 4.78 is 42.0. The molecule has 0 bridgehead atoms. The van der Waals surface area contributed by atoms with Gasteiger partial charge in [0.25, 0.3) is 0 Å². The molecule has 8 heteroatoms. The van der Waals surface area contributed by atoms with E-state index in [0.29, 0.717) is 0 Å². The molecule has 0 aliphatic carbocycles. The summed E-state index contributed by atoms with van der Waals surface area (Å²) in [6.07, 6.45) is -4.40. The zero-order valence-electron chi connectivity index (χ0n) is 11.3. The van der Waals surface area contributed by atoms with Crippen LogP contribution in [-0.2, 0) is 15.7 Å². The molecule has 1 rings (SSSR count). The van der Waals surface area contributed by atoms with Crippen molar-refractivity contribution < 1.29 is 27.8 Å². The van der Waals surface area contributed by atoms with Crippen molar-refractivity contribution in [3.8, 4) is 0 Å². The van der Waals surface area contributed by atoms with E-state index < -0.39 is 23.4 Å². The monoisotopic (exact) mass is 302 g/mol. The maximum Gasteiger partial charge on any atom is 0.416 e. The van der Waals surface area contributed by atoms with Crippen LogP contribution in [0.3, 0.4) is 0 Å². The second-order valence-electron chi connectivity index (χ2n) is 3.89. The Labute approximate surface area is 118 Å². The van der Waals surface area contributed by atoms with E-state index in [1.165, 1.54) is 12.1 Å². The van der Waals surface area contributed by atoms with Crippen molar-refractivity contribution in [1.29, 1.82) is 0 Å². The van der Waals surface area contributed by atoms with Gasteiger partial charge in [0.05, 0.1) is 18.4 Å². The Morgan fingerprint density at radius 2 is 2.05 bits per heavy atom. The first-order chi connectivity index (χ1) is 9.79. The van der Waals surface area contributed by atoms with Crippen LogP contribution in [-0.4, -0.2) is 18.2 Å². The number of benzene rings is 1. The van der Waals surface area contributed by atoms with E-state index in [1.807, 2.05) is 0 Å². The minimum Gasteiger partial charge on any atom is -0.510 e. The number of alkyl halides is 3. The summed E-state index contributed by atoms with van der Waals surface area (Å²) in [6, 6.07) is 4.12. The summed E-state index contributed by atoms with van der Waals surface area (Å²) in [7, 11) is 1.09. The van der Waals surface area contributed by atoms with E-state index in [9.17, 15) is 23.1 Å². The summed E-state index contributed by atoms with van der Waals surface area (Å²) in [5.74, 6) is -1.29. The van der Waals surface area contributed by atoms with Gasteiger partial charge in [-0.05, 0) is 18.2 Å². The highest BCUT2D eigenvalue weighted by molar-refractivity contribution is 5.88. The first-order valence-electron chi connectivity index (χ1n) is 5.89. The fraction of sp³-hybridized carbons (Fsp3) is 0.308. The second kappa shape index (κ2) is 6.87. The smallest absolute Gasteiger partial charge is 0.416 e. The minimum absolute atomic E-state index is 0.102. The van der Waals surface area contributed by atoms with Gasteiger partial charge >= 0.3 is 12.1 Å². The number of ether oxygens (including phenoxy) is 1. The van der Waals surface area contributed by atoms with Crippen molar-refractivity contribution in [2.45, 2.75) is 19.5 Å². The largest absolute Gasteiger partial charge is 0.510 e. The van der Waals surface area contributed by atoms with Gasteiger partial charge in [0.15, 0.2) is 0 Å². The Balaban J connectivity index is 3.11. The number of aliphatic hydroxyl groups is 1. The fourth-order valence-electron chi connectivity index (χ4n) is 1.33. The van der Waals surface area contributed by atoms with Crippen LogP contribution >= 0.6 is 0 Å². The highest BCUT2D eigenvalue weighted by Gasteiger charge is 2.30. The average molecular weight is 302 g/mol. The van der Waals surface area contributed by atoms with Crippen molar-refractivity contribution >= 4 is 11.7 Å². The standard InChI is InChI=1S/C13H13F3N2O3/c1-3-10(19)11(12(20)21-2)18-17-9-6-4-5-8(7-9)13(14,15)16/h4-7,19H,3H2,1-2H3. The third-order valence-electron chi connectivity index (χ3n) is 2.43. The van der Waals surface area contributed by atoms with Crippen molar-refractivity contribution in [2.24, 2.45) is 10.2 Å². The number of halogens is 3. The number of hydrogen-bond donors (Lipinski definition) is 1. The molecule has 0 unspecified atom stereocenters. The first kappa shape index (κ1) is 16.7. The summed E-state index contributed by atoms with van der Waals surface area (Å²) in [6.45, 7) is 1.57. The number of carbonyl (C=O) groups is 1. The van der Waals surface area contributed by atoms with E-state index in [1.54, 1.807) is 6.92 Å². The maximum atomic E-state index is 12.5. The molecular weight excluding hydrogens is 289 g/mol. The number of allylic oxidation sites excluding steroid dienone is 1. The predicted octanol–water partition coefficient (Wildman–Crippen LogP) is 4.14. The molecule has 0 amide bonds. The third-order valence-corrected chi connectivity index (χ3v) is 2.43. The normalized spacial score (nSPS) is 13.2. The van der Waals surface area contributed by atoms with Crippen LogP contribution in [0.2, 0.25) is 0 Å². The number of aliphatic hydroxyl groups excluding tert-OH is 1. The molecule has 0 aliphatic heterocycles. The predicted molar refractivity (Wildman–Crippen MR) is 67.9 cm³/mol. The quantitative estimate of drug-likeness (QED) is 0.393. The van der Waals surface area contributed by atoms with Crippen LogP contribution in [0.5, 0.6) is 0 Å². The molecule has 0 aromatic heterocycles. The number of hydrogen-bond acceptors (Lipinski definition) is 5. The molecule has 5 nitrogen and oxygen atoms in total. The van der Waals surface area contributed by atoms with Gasteiger partial charge in [-0.25, -0.2) is 4.79 Å². The average Bonchev–Trinajstić information content (AvgIpc) is 2.46. The molecule has 0 saturated carbocycles. The van der Waals surface area contributed by atoms with Gasteiger partial charge < -0.3 is 9.84 Å². The van der Waals surface area contributed by atoms with Gasteiger partial charge in [0.2, 0.25) is 5.70 Å². The number of azo groups is 1. The molecule has 0 spiro atoms. The van der Waals surface area contributed by atoms with Gasteiger partial charge in [-0.1, -0.05) is 13.0 Å². The Kier molecular flexibility index (Phi) is 5.45. The molecule has 1 N–H and O–H groups in total. The van der Waals surface area contributed by atoms with E-state index in [0.717, 1.165) is 19.2 Å². The highest BCUT2D eigenvalue weighted by atomic mass is 19.4. The fourth-order valence-corrected chi connectivity index (χ4v) is 1.33. The number of esters is 1. The van der Waals surface area contributed by atoms with Gasteiger partial charge in [0.1, 0.15) is 5.76 Å². The molecule has 0 fully saturated rings. The van der Waals surface area contributed by atoms with Crippen molar-refractivity contribution in [3.05, 3.63) is 41.3 Å². The molecular formula is C13H13F3N2O3. The van der Waals surface area contributed by atoms with Crippen LogP contribution in [0.15, 0.2) is 46.0 Å². The van der Waals surface area contributed by atoms with Crippen LogP contribution in [0.25, 0.3) is 0 Å². The van der Waals surface area contributed by atoms with Crippen LogP contribution in [0, 0.1) is 0 Å². The maximum absolute atomic E-state index is 12.5. The molecule has 1 aromatic carbocycles. The van der Waals surface area contributed by atoms with E-state index in [2.05, 4.69) is 15.0 Å². The van der Waals surface area contributed by atoms with Crippen LogP contribution < -0.4 is 0 Å². The summed E-state index contributed by atoms with van der Waals surface area (Å²) in [5, 5.41) is 16.5. The molecule has 21 heavy (non-hydrogen) atoms. The Hall–Kier alpha value is -2.38. The second-order valence-corrected chi connectivity index (χ2v) is 3.89. The lowest BCUT2D eigenvalue weighted by molar-refractivity contribution is -0.138. The van der Waals surface area contributed by atoms with E-state index in [-0.39, 0.29) is 17.9 Å². The molecule has 0 radical (unpaired) electrons. The first-order valence-corrected chi connectivity index (χ1v) is 5.89. The van der Waals surface area contributed by atoms with Gasteiger partial charge in [-0.2, -0.15) is 18.3 Å². The highest BCUT2D eigenvalue weighted by Crippen LogP contribution is 2.31. The van der Waals surface area contributed by atoms with Crippen LogP contribution in [0.1, 0.15) is 18.9 Å². The zero-order valence-corrected chi connectivity index (χ0v) is 11.3. The van der Waals surface area contributed by atoms with Crippen molar-refractivity contribution in [1.82, 2.24) is 0 Å². The summed E-state index contributed by atoms with van der Waals surface area (Å²) >= 11 is 0. The van der Waals surface area contributed by atoms with Gasteiger partial charge in [-0.15, -0.1) is 5.11 Å². The molecule has 0 saturated heterocycles. The van der Waals surface area contributed by atoms with Crippen LogP contribution in [0.4, 0.5) is 18.9 Å². The molecule has 114 valence electrons. The van der Waals surface area contributed by atoms with Gasteiger partial charge in [0, 0.05) is 6.42 Å². The SMILES string of the molecule is CCC(O)=C(N=Nc1cccc(C(F)(F)F)c1)C(=O)OC. The number of nitrogens with zero attached hydrogens (tertiary/aromatic N) is 2. The lowest BCUT2D eigenvalue weighted by atomic mass is 10.2. The molecule has 1 aromatic rings. The lowest BCUT2D eigenvalue weighted by Crippen LogP contribution is -2.05. The van der Waals surface area contributed by atoms with E-state index in [4.69, 9.17) is 0 Å². The summed E-state index contributed by atoms with van der Waals surface area (Å²) in [4.78, 5) is 11.4.